The van der Waals surface area contributed by atoms with E-state index in [1.54, 1.807) is 0 Å². The van der Waals surface area contributed by atoms with E-state index in [1.165, 1.54) is 0 Å². The number of piperidine rings is 1. The van der Waals surface area contributed by atoms with Gasteiger partial charge in [-0.15, -0.1) is 0 Å². The number of likely N-dealkylation sites (tertiary alicyclic amines) is 1. The molecule has 0 spiro atoms. The Bertz CT molecular complexity index is 255. The lowest BCUT2D eigenvalue weighted by molar-refractivity contribution is -0.0591. The van der Waals surface area contributed by atoms with Gasteiger partial charge in [0.1, 0.15) is 6.10 Å². The third-order valence-corrected chi connectivity index (χ3v) is 3.95. The molecular formula is C11H20ClNO2. The van der Waals surface area contributed by atoms with E-state index in [-0.39, 0.29) is 11.6 Å². The molecule has 0 saturated carbocycles. The smallest absolute Gasteiger partial charge is 0.404 e. The minimum Gasteiger partial charge on any atom is -0.450 e. The first-order chi connectivity index (χ1) is 6.75. The lowest BCUT2D eigenvalue weighted by atomic mass is 9.79. The Morgan fingerprint density at radius 1 is 1.47 bits per heavy atom. The van der Waals surface area contributed by atoms with Crippen LogP contribution in [0.15, 0.2) is 0 Å². The SMILES string of the molecule is CC1C(OC(=O)Cl)CC(C)(C)N(C)C1C. The van der Waals surface area contributed by atoms with Crippen LogP contribution in [0.3, 0.4) is 0 Å². The summed E-state index contributed by atoms with van der Waals surface area (Å²) in [6.07, 6.45) is 0.754. The zero-order valence-corrected chi connectivity index (χ0v) is 10.8. The molecule has 0 radical (unpaired) electrons. The normalized spacial score (nSPS) is 36.3. The third-order valence-electron chi connectivity index (χ3n) is 3.86. The summed E-state index contributed by atoms with van der Waals surface area (Å²) in [7, 11) is 2.11. The Morgan fingerprint density at radius 2 is 2.00 bits per heavy atom. The average molecular weight is 234 g/mol. The summed E-state index contributed by atoms with van der Waals surface area (Å²) in [5.41, 5.74) is -0.650. The number of carbonyl (C=O) groups excluding carboxylic acids is 1. The van der Waals surface area contributed by atoms with Crippen LogP contribution in [0.1, 0.15) is 34.1 Å². The lowest BCUT2D eigenvalue weighted by Crippen LogP contribution is -2.58. The van der Waals surface area contributed by atoms with E-state index in [9.17, 15) is 4.79 Å². The zero-order chi connectivity index (χ0) is 11.8. The molecule has 0 aromatic rings. The highest BCUT2D eigenvalue weighted by Crippen LogP contribution is 2.35. The van der Waals surface area contributed by atoms with Gasteiger partial charge < -0.3 is 4.74 Å². The van der Waals surface area contributed by atoms with E-state index >= 15 is 0 Å². The minimum atomic E-state index is -0.695. The van der Waals surface area contributed by atoms with Gasteiger partial charge >= 0.3 is 5.43 Å². The molecule has 1 rings (SSSR count). The molecule has 1 saturated heterocycles. The molecule has 1 fully saturated rings. The molecule has 1 aliphatic heterocycles. The number of rotatable bonds is 1. The third kappa shape index (κ3) is 2.64. The average Bonchev–Trinajstić information content (AvgIpc) is 2.10. The van der Waals surface area contributed by atoms with Crippen molar-refractivity contribution in [1.29, 1.82) is 0 Å². The van der Waals surface area contributed by atoms with E-state index in [4.69, 9.17) is 16.3 Å². The Hall–Kier alpha value is -0.280. The van der Waals surface area contributed by atoms with Crippen LogP contribution in [-0.4, -0.2) is 35.1 Å². The van der Waals surface area contributed by atoms with E-state index in [0.29, 0.717) is 12.0 Å². The van der Waals surface area contributed by atoms with Crippen LogP contribution in [0, 0.1) is 5.92 Å². The molecule has 4 heteroatoms. The van der Waals surface area contributed by atoms with E-state index in [0.717, 1.165) is 6.42 Å². The predicted octanol–water partition coefficient (Wildman–Crippen LogP) is 2.87. The van der Waals surface area contributed by atoms with Gasteiger partial charge in [0.25, 0.3) is 0 Å². The molecule has 0 amide bonds. The first-order valence-electron chi connectivity index (χ1n) is 5.35. The molecule has 88 valence electrons. The Kier molecular flexibility index (Phi) is 3.67. The van der Waals surface area contributed by atoms with Crippen LogP contribution in [0.25, 0.3) is 0 Å². The number of halogens is 1. The molecule has 0 aromatic heterocycles. The maximum atomic E-state index is 10.8. The summed E-state index contributed by atoms with van der Waals surface area (Å²) < 4.78 is 5.16. The fraction of sp³-hybridized carbons (Fsp3) is 0.909. The molecule has 0 N–H and O–H groups in total. The fourth-order valence-corrected chi connectivity index (χ4v) is 2.42. The Labute approximate surface area is 96.7 Å². The summed E-state index contributed by atoms with van der Waals surface area (Å²) >= 11 is 5.28. The number of hydrogen-bond donors (Lipinski definition) is 0. The summed E-state index contributed by atoms with van der Waals surface area (Å²) in [4.78, 5) is 13.1. The molecule has 0 aromatic carbocycles. The summed E-state index contributed by atoms with van der Waals surface area (Å²) in [5.74, 6) is 0.311. The Morgan fingerprint density at radius 3 is 2.47 bits per heavy atom. The van der Waals surface area contributed by atoms with Crippen molar-refractivity contribution in [2.24, 2.45) is 5.92 Å². The van der Waals surface area contributed by atoms with Crippen molar-refractivity contribution >= 4 is 17.0 Å². The molecule has 3 nitrogen and oxygen atoms in total. The summed E-state index contributed by atoms with van der Waals surface area (Å²) in [5, 5.41) is 0. The molecule has 0 aliphatic carbocycles. The van der Waals surface area contributed by atoms with Gasteiger partial charge in [-0.25, -0.2) is 4.79 Å². The van der Waals surface area contributed by atoms with Gasteiger partial charge in [0.2, 0.25) is 0 Å². The summed E-state index contributed by atoms with van der Waals surface area (Å²) in [6.45, 7) is 8.57. The maximum Gasteiger partial charge on any atom is 0.404 e. The van der Waals surface area contributed by atoms with Gasteiger partial charge in [0, 0.05) is 35.5 Å². The van der Waals surface area contributed by atoms with Crippen molar-refractivity contribution in [3.8, 4) is 0 Å². The van der Waals surface area contributed by atoms with Crippen LogP contribution in [0.2, 0.25) is 0 Å². The number of carbonyl (C=O) groups is 1. The molecule has 3 unspecified atom stereocenters. The van der Waals surface area contributed by atoms with Crippen molar-refractivity contribution in [1.82, 2.24) is 4.90 Å². The topological polar surface area (TPSA) is 29.5 Å². The number of nitrogens with zero attached hydrogens (tertiary/aromatic N) is 1. The molecule has 0 bridgehead atoms. The second kappa shape index (κ2) is 4.30. The molecule has 3 atom stereocenters. The number of hydrogen-bond acceptors (Lipinski definition) is 3. The highest BCUT2D eigenvalue weighted by Gasteiger charge is 2.42. The molecular weight excluding hydrogens is 214 g/mol. The molecule has 1 aliphatic rings. The van der Waals surface area contributed by atoms with Crippen molar-refractivity contribution in [2.45, 2.75) is 51.8 Å². The minimum absolute atomic E-state index is 0.0446. The van der Waals surface area contributed by atoms with Crippen LogP contribution in [0.4, 0.5) is 4.79 Å². The Balaban J connectivity index is 2.79. The maximum absolute atomic E-state index is 10.8. The molecule has 1 heterocycles. The fourth-order valence-electron chi connectivity index (χ4n) is 2.30. The highest BCUT2D eigenvalue weighted by molar-refractivity contribution is 6.61. The van der Waals surface area contributed by atoms with Gasteiger partial charge in [0.15, 0.2) is 0 Å². The highest BCUT2D eigenvalue weighted by atomic mass is 35.5. The van der Waals surface area contributed by atoms with Crippen LogP contribution >= 0.6 is 11.6 Å². The first-order valence-corrected chi connectivity index (χ1v) is 5.72. The summed E-state index contributed by atoms with van der Waals surface area (Å²) in [6, 6.07) is 0.384. The zero-order valence-electron chi connectivity index (χ0n) is 10.1. The second-order valence-electron chi connectivity index (χ2n) is 5.12. The van der Waals surface area contributed by atoms with Gasteiger partial charge in [0.05, 0.1) is 0 Å². The molecule has 15 heavy (non-hydrogen) atoms. The quantitative estimate of drug-likeness (QED) is 0.653. The van der Waals surface area contributed by atoms with Gasteiger partial charge in [-0.05, 0) is 27.8 Å². The van der Waals surface area contributed by atoms with Gasteiger partial charge in [-0.3, -0.25) is 4.90 Å². The van der Waals surface area contributed by atoms with Crippen LogP contribution in [0.5, 0.6) is 0 Å². The lowest BCUT2D eigenvalue weighted by Gasteiger charge is -2.50. The van der Waals surface area contributed by atoms with Gasteiger partial charge in [-0.2, -0.15) is 0 Å². The monoisotopic (exact) mass is 233 g/mol. The van der Waals surface area contributed by atoms with Crippen molar-refractivity contribution in [3.05, 3.63) is 0 Å². The predicted molar refractivity (Wildman–Crippen MR) is 61.2 cm³/mol. The van der Waals surface area contributed by atoms with Crippen molar-refractivity contribution in [2.75, 3.05) is 7.05 Å². The van der Waals surface area contributed by atoms with Crippen LogP contribution < -0.4 is 0 Å². The van der Waals surface area contributed by atoms with Gasteiger partial charge in [-0.1, -0.05) is 6.92 Å². The number of ether oxygens (including phenoxy) is 1. The standard InChI is InChI=1S/C11H20ClNO2/c1-7-8(2)13(5)11(3,4)6-9(7)15-10(12)14/h7-9H,6H2,1-5H3. The van der Waals surface area contributed by atoms with E-state index in [1.807, 2.05) is 0 Å². The van der Waals surface area contributed by atoms with E-state index in [2.05, 4.69) is 39.6 Å². The first kappa shape index (κ1) is 12.8. The van der Waals surface area contributed by atoms with Crippen molar-refractivity contribution < 1.29 is 9.53 Å². The largest absolute Gasteiger partial charge is 0.450 e. The van der Waals surface area contributed by atoms with Crippen molar-refractivity contribution in [3.63, 3.8) is 0 Å². The van der Waals surface area contributed by atoms with Crippen LogP contribution in [-0.2, 0) is 4.74 Å². The van der Waals surface area contributed by atoms with E-state index < -0.39 is 5.43 Å². The second-order valence-corrected chi connectivity index (χ2v) is 5.43.